The Balaban J connectivity index is 1.21. The molecule has 0 unspecified atom stereocenters. The summed E-state index contributed by atoms with van der Waals surface area (Å²) in [6, 6.07) is 17.4. The van der Waals surface area contributed by atoms with Gasteiger partial charge in [0.1, 0.15) is 22.8 Å². The van der Waals surface area contributed by atoms with Crippen LogP contribution >= 0.6 is 0 Å². The first kappa shape index (κ1) is 26.6. The van der Waals surface area contributed by atoms with Crippen LogP contribution in [0, 0.1) is 6.92 Å². The lowest BCUT2D eigenvalue weighted by Gasteiger charge is -2.10. The lowest BCUT2D eigenvalue weighted by Crippen LogP contribution is -2.08. The van der Waals surface area contributed by atoms with Gasteiger partial charge in [-0.1, -0.05) is 0 Å². The van der Waals surface area contributed by atoms with Crippen molar-refractivity contribution in [2.24, 2.45) is 0 Å². The Morgan fingerprint density at radius 1 is 0.842 bits per heavy atom. The minimum atomic E-state index is -0.423. The molecule has 0 aliphatic carbocycles. The van der Waals surface area contributed by atoms with E-state index in [1.165, 1.54) is 0 Å². The average Bonchev–Trinajstić information content (AvgIpc) is 2.91. The summed E-state index contributed by atoms with van der Waals surface area (Å²) in [5, 5.41) is 0.525. The molecule has 38 heavy (non-hydrogen) atoms. The van der Waals surface area contributed by atoms with Gasteiger partial charge < -0.3 is 30.1 Å². The number of anilines is 2. The lowest BCUT2D eigenvalue weighted by molar-refractivity contribution is 0.0497. The first-order chi connectivity index (χ1) is 18.4. The van der Waals surface area contributed by atoms with E-state index in [0.29, 0.717) is 58.2 Å². The molecule has 1 heterocycles. The van der Waals surface area contributed by atoms with Crippen LogP contribution in [0.4, 0.5) is 11.4 Å². The maximum absolute atomic E-state index is 12.8. The molecule has 8 heteroatoms. The van der Waals surface area contributed by atoms with Crippen molar-refractivity contribution in [3.8, 4) is 22.8 Å². The third-order valence-corrected chi connectivity index (χ3v) is 6.20. The number of esters is 1. The number of fused-ring (bicyclic) bond motifs is 1. The summed E-state index contributed by atoms with van der Waals surface area (Å²) >= 11 is 0. The summed E-state index contributed by atoms with van der Waals surface area (Å²) in [5.41, 5.74) is 14.4. The zero-order chi connectivity index (χ0) is 27.1. The second-order valence-electron chi connectivity index (χ2n) is 9.06. The van der Waals surface area contributed by atoms with E-state index in [0.717, 1.165) is 37.0 Å². The molecule has 0 saturated heterocycles. The molecule has 1 aromatic heterocycles. The van der Waals surface area contributed by atoms with Crippen LogP contribution in [0.1, 0.15) is 41.6 Å². The number of benzene rings is 3. The maximum Gasteiger partial charge on any atom is 0.338 e. The molecule has 3 aromatic carbocycles. The minimum absolute atomic E-state index is 0.0616. The molecule has 8 nitrogen and oxygen atoms in total. The van der Waals surface area contributed by atoms with Gasteiger partial charge in [-0.25, -0.2) is 4.79 Å². The van der Waals surface area contributed by atoms with E-state index < -0.39 is 5.97 Å². The number of ether oxygens (including phenoxy) is 3. The van der Waals surface area contributed by atoms with Crippen molar-refractivity contribution < 1.29 is 23.4 Å². The first-order valence-electron chi connectivity index (χ1n) is 12.5. The van der Waals surface area contributed by atoms with Gasteiger partial charge in [-0.2, -0.15) is 0 Å². The fourth-order valence-electron chi connectivity index (χ4n) is 4.16. The Hall–Kier alpha value is -4.46. The number of nitrogen functional groups attached to an aromatic ring is 2. The lowest BCUT2D eigenvalue weighted by atomic mass is 10.1. The van der Waals surface area contributed by atoms with Crippen LogP contribution in [0.2, 0.25) is 0 Å². The van der Waals surface area contributed by atoms with Crippen LogP contribution < -0.4 is 26.4 Å². The zero-order valence-corrected chi connectivity index (χ0v) is 21.6. The fraction of sp³-hybridized carbons (Fsp3) is 0.267. The molecule has 0 spiro atoms. The van der Waals surface area contributed by atoms with E-state index in [9.17, 15) is 9.59 Å². The Morgan fingerprint density at radius 2 is 1.50 bits per heavy atom. The largest absolute Gasteiger partial charge is 0.497 e. The summed E-state index contributed by atoms with van der Waals surface area (Å²) in [5.74, 6) is 1.48. The molecular formula is C30H32N2O6. The van der Waals surface area contributed by atoms with Crippen LogP contribution in [0.3, 0.4) is 0 Å². The number of hydrogen-bond donors (Lipinski definition) is 2. The Morgan fingerprint density at radius 3 is 2.18 bits per heavy atom. The molecule has 4 aromatic rings. The molecule has 4 rings (SSSR count). The molecule has 4 N–H and O–H groups in total. The molecule has 0 aliphatic rings. The van der Waals surface area contributed by atoms with E-state index >= 15 is 0 Å². The second-order valence-corrected chi connectivity index (χ2v) is 9.06. The highest BCUT2D eigenvalue weighted by Crippen LogP contribution is 2.29. The average molecular weight is 517 g/mol. The molecule has 0 saturated carbocycles. The third-order valence-electron chi connectivity index (χ3n) is 6.20. The second kappa shape index (κ2) is 12.2. The van der Waals surface area contributed by atoms with Gasteiger partial charge in [0.25, 0.3) is 0 Å². The van der Waals surface area contributed by atoms with Gasteiger partial charge >= 0.3 is 5.97 Å². The molecule has 0 bridgehead atoms. The quantitative estimate of drug-likeness (QED) is 0.147. The maximum atomic E-state index is 12.8. The number of carbonyl (C=O) groups excluding carboxylic acids is 1. The van der Waals surface area contributed by atoms with Gasteiger partial charge in [-0.3, -0.25) is 4.79 Å². The van der Waals surface area contributed by atoms with Crippen LogP contribution in [0.25, 0.3) is 22.3 Å². The van der Waals surface area contributed by atoms with Crippen molar-refractivity contribution in [2.45, 2.75) is 32.6 Å². The smallest absolute Gasteiger partial charge is 0.338 e. The third kappa shape index (κ3) is 6.45. The summed E-state index contributed by atoms with van der Waals surface area (Å²) in [6.07, 6.45) is 3.51. The first-order valence-corrected chi connectivity index (χ1v) is 12.5. The van der Waals surface area contributed by atoms with Crippen molar-refractivity contribution in [3.63, 3.8) is 0 Å². The van der Waals surface area contributed by atoms with E-state index in [1.54, 1.807) is 50.4 Å². The Labute approximate surface area is 221 Å². The van der Waals surface area contributed by atoms with Crippen molar-refractivity contribution in [1.82, 2.24) is 0 Å². The fourth-order valence-corrected chi connectivity index (χ4v) is 4.16. The van der Waals surface area contributed by atoms with E-state index in [2.05, 4.69) is 0 Å². The van der Waals surface area contributed by atoms with Gasteiger partial charge in [0.15, 0.2) is 5.43 Å². The molecule has 0 fully saturated rings. The molecule has 0 aliphatic heterocycles. The highest BCUT2D eigenvalue weighted by Gasteiger charge is 2.14. The summed E-state index contributed by atoms with van der Waals surface area (Å²) in [7, 11) is 1.57. The number of carbonyl (C=O) groups is 1. The van der Waals surface area contributed by atoms with E-state index in [-0.39, 0.29) is 5.43 Å². The highest BCUT2D eigenvalue weighted by molar-refractivity contribution is 5.91. The number of methoxy groups -OCH3 is 1. The van der Waals surface area contributed by atoms with Crippen molar-refractivity contribution >= 4 is 28.3 Å². The molecule has 198 valence electrons. The molecule has 0 amide bonds. The number of hydrogen-bond acceptors (Lipinski definition) is 8. The van der Waals surface area contributed by atoms with Crippen molar-refractivity contribution in [3.05, 3.63) is 82.0 Å². The van der Waals surface area contributed by atoms with Crippen LogP contribution in [-0.4, -0.2) is 26.3 Å². The standard InChI is InChI=1S/C30H32N2O6/c1-19-28(33)26-12-11-25(35-2)18-27(26)38-29(19)20-7-9-24(10-8-20)36-13-5-3-4-6-14-37-30(34)21-15-22(31)17-23(32)16-21/h7-12,15-18H,3-6,13-14,31-32H2,1-2H3. The topological polar surface area (TPSA) is 127 Å². The SMILES string of the molecule is COc1ccc2c(=O)c(C)c(-c3ccc(OCCCCCCOC(=O)c4cc(N)cc(N)c4)cc3)oc2c1. The van der Waals surface area contributed by atoms with Gasteiger partial charge in [0, 0.05) is 28.6 Å². The summed E-state index contributed by atoms with van der Waals surface area (Å²) in [4.78, 5) is 24.9. The molecule has 0 radical (unpaired) electrons. The molecular weight excluding hydrogens is 484 g/mol. The van der Waals surface area contributed by atoms with Gasteiger partial charge in [0.05, 0.1) is 31.3 Å². The highest BCUT2D eigenvalue weighted by atomic mass is 16.5. The van der Waals surface area contributed by atoms with Crippen molar-refractivity contribution in [2.75, 3.05) is 31.8 Å². The van der Waals surface area contributed by atoms with Gasteiger partial charge in [-0.15, -0.1) is 0 Å². The minimum Gasteiger partial charge on any atom is -0.497 e. The van der Waals surface area contributed by atoms with E-state index in [4.69, 9.17) is 30.1 Å². The van der Waals surface area contributed by atoms with Crippen LogP contribution in [0.5, 0.6) is 11.5 Å². The normalized spacial score (nSPS) is 10.9. The Kier molecular flexibility index (Phi) is 8.53. The van der Waals surface area contributed by atoms with E-state index in [1.807, 2.05) is 24.3 Å². The van der Waals surface area contributed by atoms with Crippen LogP contribution in [0.15, 0.2) is 69.9 Å². The Bertz CT molecular complexity index is 1460. The van der Waals surface area contributed by atoms with Crippen molar-refractivity contribution in [1.29, 1.82) is 0 Å². The number of nitrogens with two attached hydrogens (primary N) is 2. The monoisotopic (exact) mass is 516 g/mol. The predicted octanol–water partition coefficient (Wildman–Crippen LogP) is 5.74. The summed E-state index contributed by atoms with van der Waals surface area (Å²) < 4.78 is 22.5. The number of rotatable bonds is 11. The number of unbranched alkanes of at least 4 members (excludes halogenated alkanes) is 3. The molecule has 0 atom stereocenters. The summed E-state index contributed by atoms with van der Waals surface area (Å²) in [6.45, 7) is 2.68. The van der Waals surface area contributed by atoms with Crippen LogP contribution in [-0.2, 0) is 4.74 Å². The van der Waals surface area contributed by atoms with Gasteiger partial charge in [0.2, 0.25) is 0 Å². The predicted molar refractivity (Wildman–Crippen MR) is 149 cm³/mol. The zero-order valence-electron chi connectivity index (χ0n) is 21.6. The van der Waals surface area contributed by atoms with Gasteiger partial charge in [-0.05, 0) is 87.2 Å².